The van der Waals surface area contributed by atoms with Crippen LogP contribution in [0.1, 0.15) is 18.4 Å². The number of aromatic nitrogens is 2. The quantitative estimate of drug-likeness (QED) is 0.493. The van der Waals surface area contributed by atoms with E-state index in [1.807, 2.05) is 12.1 Å². The summed E-state index contributed by atoms with van der Waals surface area (Å²) in [5, 5.41) is 2.25. The first-order valence-electron chi connectivity index (χ1n) is 8.55. The molecule has 0 saturated heterocycles. The van der Waals surface area contributed by atoms with Gasteiger partial charge in [0.25, 0.3) is 0 Å². The van der Waals surface area contributed by atoms with E-state index in [-0.39, 0.29) is 0 Å². The Labute approximate surface area is 150 Å². The highest BCUT2D eigenvalue weighted by Gasteiger charge is 2.17. The third kappa shape index (κ3) is 3.01. The van der Waals surface area contributed by atoms with Gasteiger partial charge < -0.3 is 15.5 Å². The van der Waals surface area contributed by atoms with Gasteiger partial charge in [0.2, 0.25) is 0 Å². The number of aryl methyl sites for hydroxylation is 1. The van der Waals surface area contributed by atoms with Crippen LogP contribution in [0.25, 0.3) is 31.8 Å². The molecule has 4 aromatic rings. The second-order valence-electron chi connectivity index (χ2n) is 6.12. The van der Waals surface area contributed by atoms with Crippen molar-refractivity contribution >= 4 is 32.5 Å². The monoisotopic (exact) mass is 351 g/mol. The van der Waals surface area contributed by atoms with E-state index < -0.39 is 0 Å². The number of benzene rings is 2. The van der Waals surface area contributed by atoms with E-state index in [9.17, 15) is 0 Å². The molecule has 0 spiro atoms. The normalized spacial score (nSPS) is 11.4. The molecule has 0 aliphatic heterocycles. The van der Waals surface area contributed by atoms with E-state index in [1.54, 1.807) is 18.4 Å². The molecule has 0 aliphatic carbocycles. The number of para-hydroxylation sites is 1. The smallest absolute Gasteiger partial charge is 0.141 e. The fourth-order valence-corrected chi connectivity index (χ4v) is 4.21. The van der Waals surface area contributed by atoms with Gasteiger partial charge in [-0.05, 0) is 61.7 Å². The standard InChI is InChI=1S/C20H21N3OS/c1-24-13-9-10-16-15(12-13)14(6-4-5-11-21)19(22-16)20-23-17-7-2-3-8-18(17)25-20/h2-3,7-10,12,22H,4-6,11,21H2,1H3. The number of ether oxygens (including phenoxy) is 1. The average molecular weight is 351 g/mol. The first-order chi connectivity index (χ1) is 12.3. The summed E-state index contributed by atoms with van der Waals surface area (Å²) < 4.78 is 6.63. The van der Waals surface area contributed by atoms with Crippen molar-refractivity contribution < 1.29 is 4.74 Å². The maximum atomic E-state index is 5.69. The Morgan fingerprint density at radius 3 is 2.84 bits per heavy atom. The highest BCUT2D eigenvalue weighted by atomic mass is 32.1. The molecule has 2 heterocycles. The summed E-state index contributed by atoms with van der Waals surface area (Å²) in [6.45, 7) is 0.724. The molecule has 25 heavy (non-hydrogen) atoms. The Hall–Kier alpha value is -2.37. The van der Waals surface area contributed by atoms with Crippen LogP contribution in [-0.4, -0.2) is 23.6 Å². The van der Waals surface area contributed by atoms with E-state index in [0.29, 0.717) is 0 Å². The van der Waals surface area contributed by atoms with Gasteiger partial charge in [0, 0.05) is 10.9 Å². The number of nitrogens with two attached hydrogens (primary N) is 1. The predicted molar refractivity (Wildman–Crippen MR) is 105 cm³/mol. The number of fused-ring (bicyclic) bond motifs is 2. The number of nitrogens with one attached hydrogen (secondary N) is 1. The molecule has 0 bridgehead atoms. The minimum absolute atomic E-state index is 0.724. The van der Waals surface area contributed by atoms with E-state index in [2.05, 4.69) is 35.3 Å². The molecule has 2 aromatic heterocycles. The fourth-order valence-electron chi connectivity index (χ4n) is 3.22. The Balaban J connectivity index is 1.87. The van der Waals surface area contributed by atoms with Crippen molar-refractivity contribution in [1.82, 2.24) is 9.97 Å². The number of rotatable bonds is 6. The zero-order valence-electron chi connectivity index (χ0n) is 14.2. The highest BCUT2D eigenvalue weighted by molar-refractivity contribution is 7.21. The number of methoxy groups -OCH3 is 1. The Bertz CT molecular complexity index is 985. The number of hydrogen-bond acceptors (Lipinski definition) is 4. The van der Waals surface area contributed by atoms with Crippen LogP contribution < -0.4 is 10.5 Å². The number of aromatic amines is 1. The molecule has 4 rings (SSSR count). The van der Waals surface area contributed by atoms with Crippen LogP contribution in [0.5, 0.6) is 5.75 Å². The predicted octanol–water partition coefficient (Wildman–Crippen LogP) is 4.73. The second kappa shape index (κ2) is 6.86. The van der Waals surface area contributed by atoms with Gasteiger partial charge in [-0.15, -0.1) is 11.3 Å². The summed E-state index contributed by atoms with van der Waals surface area (Å²) >= 11 is 1.73. The minimum atomic E-state index is 0.724. The lowest BCUT2D eigenvalue weighted by atomic mass is 10.0. The lowest BCUT2D eigenvalue weighted by molar-refractivity contribution is 0.415. The van der Waals surface area contributed by atoms with E-state index in [4.69, 9.17) is 15.5 Å². The van der Waals surface area contributed by atoms with Gasteiger partial charge >= 0.3 is 0 Å². The fraction of sp³-hybridized carbons (Fsp3) is 0.250. The van der Waals surface area contributed by atoms with Crippen molar-refractivity contribution in [3.8, 4) is 16.5 Å². The van der Waals surface area contributed by atoms with Gasteiger partial charge in [-0.3, -0.25) is 0 Å². The summed E-state index contributed by atoms with van der Waals surface area (Å²) in [6, 6.07) is 14.5. The van der Waals surface area contributed by atoms with Crippen LogP contribution in [0.2, 0.25) is 0 Å². The molecule has 0 fully saturated rings. The maximum Gasteiger partial charge on any atom is 0.141 e. The first-order valence-corrected chi connectivity index (χ1v) is 9.36. The van der Waals surface area contributed by atoms with Gasteiger partial charge in [-0.2, -0.15) is 0 Å². The molecule has 5 heteroatoms. The summed E-state index contributed by atoms with van der Waals surface area (Å²) in [7, 11) is 1.70. The Kier molecular flexibility index (Phi) is 4.42. The van der Waals surface area contributed by atoms with Gasteiger partial charge in [-0.1, -0.05) is 12.1 Å². The van der Waals surface area contributed by atoms with E-state index in [1.165, 1.54) is 15.6 Å². The van der Waals surface area contributed by atoms with Crippen LogP contribution in [-0.2, 0) is 6.42 Å². The van der Waals surface area contributed by atoms with Crippen molar-refractivity contribution in [1.29, 1.82) is 0 Å². The molecule has 0 radical (unpaired) electrons. The molecule has 0 aliphatic rings. The number of H-pyrrole nitrogens is 1. The molecular formula is C20H21N3OS. The topological polar surface area (TPSA) is 63.9 Å². The van der Waals surface area contributed by atoms with Crippen LogP contribution in [0, 0.1) is 0 Å². The molecular weight excluding hydrogens is 330 g/mol. The van der Waals surface area contributed by atoms with Crippen LogP contribution in [0.4, 0.5) is 0 Å². The molecule has 0 saturated carbocycles. The molecule has 0 amide bonds. The van der Waals surface area contributed by atoms with Gasteiger partial charge in [-0.25, -0.2) is 4.98 Å². The Morgan fingerprint density at radius 2 is 2.04 bits per heavy atom. The number of thiazole rings is 1. The SMILES string of the molecule is COc1ccc2[nH]c(-c3nc4ccccc4s3)c(CCCCN)c2c1. The lowest BCUT2D eigenvalue weighted by Gasteiger charge is -2.04. The molecule has 3 N–H and O–H groups in total. The van der Waals surface area contributed by atoms with Crippen LogP contribution >= 0.6 is 11.3 Å². The van der Waals surface area contributed by atoms with Crippen molar-refractivity contribution in [2.24, 2.45) is 5.73 Å². The molecule has 0 atom stereocenters. The second-order valence-corrected chi connectivity index (χ2v) is 7.15. The maximum absolute atomic E-state index is 5.69. The van der Waals surface area contributed by atoms with E-state index in [0.717, 1.165) is 53.3 Å². The third-order valence-corrected chi connectivity index (χ3v) is 5.56. The summed E-state index contributed by atoms with van der Waals surface area (Å²) in [5.41, 5.74) is 10.3. The summed E-state index contributed by atoms with van der Waals surface area (Å²) in [6.07, 6.45) is 3.07. The van der Waals surface area contributed by atoms with Crippen molar-refractivity contribution in [2.45, 2.75) is 19.3 Å². The first kappa shape index (κ1) is 16.1. The van der Waals surface area contributed by atoms with Crippen LogP contribution in [0.15, 0.2) is 42.5 Å². The van der Waals surface area contributed by atoms with Crippen molar-refractivity contribution in [2.75, 3.05) is 13.7 Å². The highest BCUT2D eigenvalue weighted by Crippen LogP contribution is 2.37. The average Bonchev–Trinajstić information content (AvgIpc) is 3.22. The lowest BCUT2D eigenvalue weighted by Crippen LogP contribution is -1.99. The Morgan fingerprint density at radius 1 is 1.16 bits per heavy atom. The van der Waals surface area contributed by atoms with Crippen molar-refractivity contribution in [3.05, 3.63) is 48.0 Å². The largest absolute Gasteiger partial charge is 0.497 e. The summed E-state index contributed by atoms with van der Waals surface area (Å²) in [5.74, 6) is 0.877. The number of hydrogen-bond donors (Lipinski definition) is 2. The summed E-state index contributed by atoms with van der Waals surface area (Å²) in [4.78, 5) is 8.42. The molecule has 2 aromatic carbocycles. The third-order valence-electron chi connectivity index (χ3n) is 4.50. The van der Waals surface area contributed by atoms with Gasteiger partial charge in [0.05, 0.1) is 23.0 Å². The van der Waals surface area contributed by atoms with Gasteiger partial charge in [0.15, 0.2) is 0 Å². The number of nitrogens with zero attached hydrogens (tertiary/aromatic N) is 1. The minimum Gasteiger partial charge on any atom is -0.497 e. The molecule has 128 valence electrons. The van der Waals surface area contributed by atoms with E-state index >= 15 is 0 Å². The van der Waals surface area contributed by atoms with Crippen LogP contribution in [0.3, 0.4) is 0 Å². The molecule has 0 unspecified atom stereocenters. The zero-order valence-corrected chi connectivity index (χ0v) is 15.0. The molecule has 4 nitrogen and oxygen atoms in total. The van der Waals surface area contributed by atoms with Gasteiger partial charge in [0.1, 0.15) is 10.8 Å². The number of unbranched alkanes of at least 4 members (excludes halogenated alkanes) is 1. The zero-order chi connectivity index (χ0) is 17.2. The van der Waals surface area contributed by atoms with Crippen molar-refractivity contribution in [3.63, 3.8) is 0 Å².